The molecule has 8 nitrogen and oxygen atoms in total. The molecule has 1 fully saturated rings. The van der Waals surface area contributed by atoms with Gasteiger partial charge in [-0.05, 0) is 64.0 Å². The molecule has 1 atom stereocenters. The number of likely N-dealkylation sites (tertiary alicyclic amines) is 1. The summed E-state index contributed by atoms with van der Waals surface area (Å²) in [6, 6.07) is 4.04. The van der Waals surface area contributed by atoms with Crippen LogP contribution in [-0.2, 0) is 9.59 Å². The van der Waals surface area contributed by atoms with Crippen LogP contribution < -0.4 is 5.32 Å². The maximum Gasteiger partial charge on any atom is 0.223 e. The molecule has 2 aromatic rings. The van der Waals surface area contributed by atoms with Crippen molar-refractivity contribution in [1.82, 2.24) is 20.2 Å². The molecule has 0 spiro atoms. The number of nitrogens with one attached hydrogen (secondary N) is 2. The highest BCUT2D eigenvalue weighted by Gasteiger charge is 2.27. The molecular formula is C25H36N4O4. The first-order valence-electron chi connectivity index (χ1n) is 11.9. The number of unbranched alkanes of at least 4 members (excludes halogenated alkanes) is 2. The Labute approximate surface area is 195 Å². The molecule has 1 saturated heterocycles. The maximum atomic E-state index is 13.0. The van der Waals surface area contributed by atoms with Gasteiger partial charge in [0.05, 0.1) is 17.9 Å². The summed E-state index contributed by atoms with van der Waals surface area (Å²) in [5.74, 6) is 1.04. The van der Waals surface area contributed by atoms with Crippen LogP contribution in [0.25, 0.3) is 11.3 Å². The summed E-state index contributed by atoms with van der Waals surface area (Å²) in [5.41, 5.74) is 1.03. The third-order valence-electron chi connectivity index (χ3n) is 6.44. The van der Waals surface area contributed by atoms with Gasteiger partial charge in [0.25, 0.3) is 0 Å². The predicted octanol–water partition coefficient (Wildman–Crippen LogP) is 3.92. The van der Waals surface area contributed by atoms with Gasteiger partial charge >= 0.3 is 0 Å². The molecule has 0 aliphatic carbocycles. The number of piperidine rings is 1. The number of amides is 1. The van der Waals surface area contributed by atoms with Crippen LogP contribution in [0.4, 0.5) is 0 Å². The zero-order valence-electron chi connectivity index (χ0n) is 19.6. The molecule has 4 N–H and O–H groups in total. The van der Waals surface area contributed by atoms with Crippen molar-refractivity contribution in [3.05, 3.63) is 30.2 Å². The van der Waals surface area contributed by atoms with E-state index in [4.69, 9.17) is 0 Å². The van der Waals surface area contributed by atoms with Gasteiger partial charge in [-0.2, -0.15) is 0 Å². The lowest BCUT2D eigenvalue weighted by molar-refractivity contribution is -0.127. The number of aromatic nitrogens is 2. The van der Waals surface area contributed by atoms with Gasteiger partial charge in [0.1, 0.15) is 23.1 Å². The Kier molecular flexibility index (Phi) is 8.88. The Morgan fingerprint density at radius 1 is 1.21 bits per heavy atom. The van der Waals surface area contributed by atoms with E-state index in [0.29, 0.717) is 36.3 Å². The molecular weight excluding hydrogens is 420 g/mol. The number of nitrogens with zero attached hydrogens (tertiary/aromatic N) is 2. The van der Waals surface area contributed by atoms with E-state index in [-0.39, 0.29) is 35.1 Å². The van der Waals surface area contributed by atoms with Gasteiger partial charge in [-0.3, -0.25) is 9.59 Å². The minimum atomic E-state index is -0.285. The molecule has 0 unspecified atom stereocenters. The SMILES string of the molecule is CCC(=O)CCCCC[C@H](NC(=O)C1CCN(C)CC1)c1ncc(-c2cc(O)ccc2O)[nH]1. The van der Waals surface area contributed by atoms with Crippen LogP contribution in [0.3, 0.4) is 0 Å². The van der Waals surface area contributed by atoms with Crippen LogP contribution >= 0.6 is 0 Å². The molecule has 8 heteroatoms. The number of carbonyl (C=O) groups is 2. The van der Waals surface area contributed by atoms with Gasteiger partial charge in [-0.25, -0.2) is 4.98 Å². The van der Waals surface area contributed by atoms with Crippen molar-refractivity contribution < 1.29 is 19.8 Å². The van der Waals surface area contributed by atoms with Crippen molar-refractivity contribution in [3.8, 4) is 22.8 Å². The lowest BCUT2D eigenvalue weighted by Crippen LogP contribution is -2.40. The summed E-state index contributed by atoms with van der Waals surface area (Å²) in [7, 11) is 2.07. The molecule has 0 saturated carbocycles. The first-order valence-corrected chi connectivity index (χ1v) is 11.9. The summed E-state index contributed by atoms with van der Waals surface area (Å²) < 4.78 is 0. The maximum absolute atomic E-state index is 13.0. The standard InChI is InChI=1S/C25H36N4O4/c1-3-18(30)7-5-4-6-8-21(28-25(33)17-11-13-29(2)14-12-17)24-26-16-22(27-24)20-15-19(31)9-10-23(20)32/h9-10,15-17,21,31-32H,3-8,11-14H2,1-2H3,(H,26,27)(H,28,33)/t21-/m0/s1. The number of hydrogen-bond acceptors (Lipinski definition) is 6. The highest BCUT2D eigenvalue weighted by atomic mass is 16.3. The second-order valence-corrected chi connectivity index (χ2v) is 9.01. The average molecular weight is 457 g/mol. The molecule has 33 heavy (non-hydrogen) atoms. The summed E-state index contributed by atoms with van der Waals surface area (Å²) in [6.07, 6.45) is 7.80. The minimum Gasteiger partial charge on any atom is -0.508 e. The number of benzene rings is 1. The Balaban J connectivity index is 1.69. The van der Waals surface area contributed by atoms with Gasteiger partial charge < -0.3 is 25.4 Å². The summed E-state index contributed by atoms with van der Waals surface area (Å²) >= 11 is 0. The molecule has 1 aromatic heterocycles. The zero-order chi connectivity index (χ0) is 23.8. The fraction of sp³-hybridized carbons (Fsp3) is 0.560. The zero-order valence-corrected chi connectivity index (χ0v) is 19.6. The number of Topliss-reactive ketones (excluding diaryl/α,β-unsaturated/α-hetero) is 1. The number of phenolic OH excluding ortho intramolecular Hbond substituents is 2. The molecule has 180 valence electrons. The molecule has 0 bridgehead atoms. The van der Waals surface area contributed by atoms with Crippen molar-refractivity contribution in [3.63, 3.8) is 0 Å². The van der Waals surface area contributed by atoms with Crippen molar-refractivity contribution in [1.29, 1.82) is 0 Å². The Hall–Kier alpha value is -2.87. The quantitative estimate of drug-likeness (QED) is 0.301. The van der Waals surface area contributed by atoms with Gasteiger partial charge in [0.2, 0.25) is 5.91 Å². The van der Waals surface area contributed by atoms with Crippen LogP contribution in [0.5, 0.6) is 11.5 Å². The highest BCUT2D eigenvalue weighted by Crippen LogP contribution is 2.32. The van der Waals surface area contributed by atoms with Crippen LogP contribution in [0.2, 0.25) is 0 Å². The Bertz CT molecular complexity index is 934. The molecule has 2 heterocycles. The van der Waals surface area contributed by atoms with Crippen molar-refractivity contribution in [2.75, 3.05) is 20.1 Å². The third-order valence-corrected chi connectivity index (χ3v) is 6.44. The van der Waals surface area contributed by atoms with E-state index in [2.05, 4.69) is 27.2 Å². The fourth-order valence-corrected chi connectivity index (χ4v) is 4.25. The lowest BCUT2D eigenvalue weighted by Gasteiger charge is -2.29. The number of aromatic hydroxyl groups is 2. The van der Waals surface area contributed by atoms with Crippen molar-refractivity contribution >= 4 is 11.7 Å². The molecule has 3 rings (SSSR count). The number of ketones is 1. The van der Waals surface area contributed by atoms with Gasteiger partial charge in [0.15, 0.2) is 0 Å². The second-order valence-electron chi connectivity index (χ2n) is 9.01. The topological polar surface area (TPSA) is 119 Å². The van der Waals surface area contributed by atoms with Crippen LogP contribution in [0.15, 0.2) is 24.4 Å². The van der Waals surface area contributed by atoms with Crippen LogP contribution in [0, 0.1) is 5.92 Å². The second kappa shape index (κ2) is 11.8. The minimum absolute atomic E-state index is 0.00424. The number of imidazole rings is 1. The van der Waals surface area contributed by atoms with Crippen molar-refractivity contribution in [2.45, 2.75) is 64.3 Å². The molecule has 1 aromatic carbocycles. The van der Waals surface area contributed by atoms with E-state index < -0.39 is 0 Å². The number of aromatic amines is 1. The van der Waals surface area contributed by atoms with Gasteiger partial charge in [-0.15, -0.1) is 0 Å². The van der Waals surface area contributed by atoms with Gasteiger partial charge in [-0.1, -0.05) is 19.8 Å². The number of H-pyrrole nitrogens is 1. The van der Waals surface area contributed by atoms with Crippen molar-refractivity contribution in [2.24, 2.45) is 5.92 Å². The largest absolute Gasteiger partial charge is 0.508 e. The number of rotatable bonds is 11. The van der Waals surface area contributed by atoms with E-state index >= 15 is 0 Å². The Morgan fingerprint density at radius 3 is 2.70 bits per heavy atom. The smallest absolute Gasteiger partial charge is 0.223 e. The lowest BCUT2D eigenvalue weighted by atomic mass is 9.95. The molecule has 1 aliphatic heterocycles. The van der Waals surface area contributed by atoms with E-state index in [1.807, 2.05) is 6.92 Å². The van der Waals surface area contributed by atoms with E-state index in [1.54, 1.807) is 6.20 Å². The molecule has 0 radical (unpaired) electrons. The highest BCUT2D eigenvalue weighted by molar-refractivity contribution is 5.79. The Morgan fingerprint density at radius 2 is 1.97 bits per heavy atom. The monoisotopic (exact) mass is 456 g/mol. The predicted molar refractivity (Wildman–Crippen MR) is 127 cm³/mol. The third kappa shape index (κ3) is 7.05. The molecule has 1 amide bonds. The van der Waals surface area contributed by atoms with E-state index in [1.165, 1.54) is 18.2 Å². The summed E-state index contributed by atoms with van der Waals surface area (Å²) in [5, 5.41) is 23.2. The van der Waals surface area contributed by atoms with E-state index in [0.717, 1.165) is 45.2 Å². The first-order chi connectivity index (χ1) is 15.9. The number of phenols is 2. The summed E-state index contributed by atoms with van der Waals surface area (Å²) in [6.45, 7) is 3.71. The van der Waals surface area contributed by atoms with E-state index in [9.17, 15) is 19.8 Å². The average Bonchev–Trinajstić information content (AvgIpc) is 3.29. The van der Waals surface area contributed by atoms with Crippen LogP contribution in [-0.4, -0.2) is 56.9 Å². The van der Waals surface area contributed by atoms with Crippen LogP contribution in [0.1, 0.15) is 70.2 Å². The molecule has 1 aliphatic rings. The number of hydrogen-bond donors (Lipinski definition) is 4. The normalized spacial score (nSPS) is 15.9. The fourth-order valence-electron chi connectivity index (χ4n) is 4.25. The number of carbonyl (C=O) groups excluding carboxylic acids is 2. The first kappa shape index (κ1) is 24.8. The summed E-state index contributed by atoms with van der Waals surface area (Å²) in [4.78, 5) is 34.5. The van der Waals surface area contributed by atoms with Gasteiger partial charge in [0, 0.05) is 24.3 Å².